The number of nitrogens with one attached hydrogen (secondary N) is 1. The lowest BCUT2D eigenvalue weighted by atomic mass is 10.2. The summed E-state index contributed by atoms with van der Waals surface area (Å²) in [5.41, 5.74) is 2.24. The van der Waals surface area contributed by atoms with E-state index >= 15 is 0 Å². The van der Waals surface area contributed by atoms with Crippen LogP contribution in [-0.4, -0.2) is 5.91 Å². The summed E-state index contributed by atoms with van der Waals surface area (Å²) in [6.07, 6.45) is 0. The molecule has 2 aromatic rings. The Morgan fingerprint density at radius 2 is 1.84 bits per heavy atom. The average Bonchev–Trinajstić information content (AvgIpc) is 2.37. The van der Waals surface area contributed by atoms with Gasteiger partial charge in [0.1, 0.15) is 0 Å². The number of aryl methyl sites for hydroxylation is 1. The lowest BCUT2D eigenvalue weighted by Gasteiger charge is -2.09. The Labute approximate surface area is 129 Å². The number of carbonyl (C=O) groups is 1. The van der Waals surface area contributed by atoms with Gasteiger partial charge in [-0.2, -0.15) is 0 Å². The van der Waals surface area contributed by atoms with E-state index in [9.17, 15) is 4.79 Å². The Balaban J connectivity index is 2.25. The second-order valence-electron chi connectivity index (χ2n) is 4.07. The van der Waals surface area contributed by atoms with Crippen LogP contribution in [0.1, 0.15) is 15.9 Å². The lowest BCUT2D eigenvalue weighted by Crippen LogP contribution is -2.12. The Kier molecular flexibility index (Phi) is 4.50. The first-order valence-corrected chi connectivity index (χ1v) is 7.05. The largest absolute Gasteiger partial charge is 0.321 e. The molecule has 0 aliphatic rings. The molecular weight excluding hydrogens is 349 g/mol. The first kappa shape index (κ1) is 14.4. The normalized spacial score (nSPS) is 10.3. The van der Waals surface area contributed by atoms with E-state index in [0.717, 1.165) is 15.7 Å². The second-order valence-corrected chi connectivity index (χ2v) is 5.74. The van der Waals surface area contributed by atoms with E-state index in [1.165, 1.54) is 0 Å². The summed E-state index contributed by atoms with van der Waals surface area (Å²) in [5.74, 6) is -0.232. The maximum atomic E-state index is 12.1. The fraction of sp³-hybridized carbons (Fsp3) is 0.0714. The fourth-order valence-corrected chi connectivity index (χ4v) is 2.21. The van der Waals surface area contributed by atoms with Gasteiger partial charge in [0.05, 0.1) is 15.7 Å². The van der Waals surface area contributed by atoms with Crippen molar-refractivity contribution >= 4 is 50.7 Å². The number of benzene rings is 2. The van der Waals surface area contributed by atoms with Crippen LogP contribution in [0.3, 0.4) is 0 Å². The molecule has 0 radical (unpaired) electrons. The monoisotopic (exact) mass is 357 g/mol. The third-order valence-corrected chi connectivity index (χ3v) is 3.98. The number of hydrogen-bond donors (Lipinski definition) is 1. The lowest BCUT2D eigenvalue weighted by molar-refractivity contribution is 0.102. The van der Waals surface area contributed by atoms with Gasteiger partial charge in [-0.1, -0.05) is 29.3 Å². The predicted molar refractivity (Wildman–Crippen MR) is 83.3 cm³/mol. The molecule has 19 heavy (non-hydrogen) atoms. The Hall–Kier alpha value is -1.03. The molecule has 0 aromatic heterocycles. The van der Waals surface area contributed by atoms with Crippen LogP contribution in [0.5, 0.6) is 0 Å². The Morgan fingerprint density at radius 3 is 2.53 bits per heavy atom. The molecule has 0 atom stereocenters. The molecule has 0 heterocycles. The van der Waals surface area contributed by atoms with Gasteiger partial charge in [-0.15, -0.1) is 0 Å². The summed E-state index contributed by atoms with van der Waals surface area (Å²) >= 11 is 15.1. The van der Waals surface area contributed by atoms with Crippen LogP contribution < -0.4 is 5.32 Å². The standard InChI is InChI=1S/C14H10BrCl2NO/c1-8-2-4-10(15)13(6-8)18-14(19)9-3-5-11(16)12(17)7-9/h2-7H,1H3,(H,18,19). The van der Waals surface area contributed by atoms with Crippen LogP contribution in [0.4, 0.5) is 5.69 Å². The van der Waals surface area contributed by atoms with Crippen LogP contribution in [0, 0.1) is 6.92 Å². The highest BCUT2D eigenvalue weighted by molar-refractivity contribution is 9.10. The van der Waals surface area contributed by atoms with Crippen molar-refractivity contribution in [2.75, 3.05) is 5.32 Å². The minimum absolute atomic E-state index is 0.232. The van der Waals surface area contributed by atoms with Crippen molar-refractivity contribution in [2.45, 2.75) is 6.92 Å². The number of hydrogen-bond acceptors (Lipinski definition) is 1. The van der Waals surface area contributed by atoms with Crippen LogP contribution in [0.2, 0.25) is 10.0 Å². The van der Waals surface area contributed by atoms with E-state index in [2.05, 4.69) is 21.2 Å². The smallest absolute Gasteiger partial charge is 0.255 e. The number of carbonyl (C=O) groups excluding carboxylic acids is 1. The topological polar surface area (TPSA) is 29.1 Å². The Morgan fingerprint density at radius 1 is 1.11 bits per heavy atom. The molecule has 0 aliphatic heterocycles. The summed E-state index contributed by atoms with van der Waals surface area (Å²) in [7, 11) is 0. The fourth-order valence-electron chi connectivity index (χ4n) is 1.57. The second kappa shape index (κ2) is 5.95. The minimum atomic E-state index is -0.232. The van der Waals surface area contributed by atoms with Crippen molar-refractivity contribution in [3.05, 3.63) is 62.0 Å². The quantitative estimate of drug-likeness (QED) is 0.773. The maximum Gasteiger partial charge on any atom is 0.255 e. The zero-order valence-corrected chi connectivity index (χ0v) is 13.1. The molecule has 1 N–H and O–H groups in total. The van der Waals surface area contributed by atoms with Gasteiger partial charge < -0.3 is 5.32 Å². The van der Waals surface area contributed by atoms with E-state index in [4.69, 9.17) is 23.2 Å². The molecule has 98 valence electrons. The highest BCUT2D eigenvalue weighted by Crippen LogP contribution is 2.26. The summed E-state index contributed by atoms with van der Waals surface area (Å²) in [6.45, 7) is 1.96. The van der Waals surface area contributed by atoms with Gasteiger partial charge in [0.25, 0.3) is 5.91 Å². The number of amides is 1. The van der Waals surface area contributed by atoms with Gasteiger partial charge >= 0.3 is 0 Å². The molecule has 2 rings (SSSR count). The molecule has 0 saturated heterocycles. The van der Waals surface area contributed by atoms with Gasteiger partial charge in [0.15, 0.2) is 0 Å². The SMILES string of the molecule is Cc1ccc(Br)c(NC(=O)c2ccc(Cl)c(Cl)c2)c1. The third-order valence-electron chi connectivity index (χ3n) is 2.55. The van der Waals surface area contributed by atoms with Crippen LogP contribution in [0.15, 0.2) is 40.9 Å². The van der Waals surface area contributed by atoms with Gasteiger partial charge in [0.2, 0.25) is 0 Å². The van der Waals surface area contributed by atoms with Crippen LogP contribution >= 0.6 is 39.1 Å². The molecule has 2 nitrogen and oxygen atoms in total. The number of anilines is 1. The molecule has 0 spiro atoms. The first-order chi connectivity index (χ1) is 8.97. The van der Waals surface area contributed by atoms with E-state index in [1.807, 2.05) is 25.1 Å². The van der Waals surface area contributed by atoms with Crippen LogP contribution in [-0.2, 0) is 0 Å². The first-order valence-electron chi connectivity index (χ1n) is 5.50. The number of rotatable bonds is 2. The molecule has 1 amide bonds. The van der Waals surface area contributed by atoms with Crippen molar-refractivity contribution in [3.63, 3.8) is 0 Å². The Bertz CT molecular complexity index is 643. The van der Waals surface area contributed by atoms with Crippen molar-refractivity contribution in [2.24, 2.45) is 0 Å². The molecule has 0 unspecified atom stereocenters. The zero-order chi connectivity index (χ0) is 14.0. The van der Waals surface area contributed by atoms with Crippen LogP contribution in [0.25, 0.3) is 0 Å². The number of halogens is 3. The molecule has 5 heteroatoms. The maximum absolute atomic E-state index is 12.1. The summed E-state index contributed by atoms with van der Waals surface area (Å²) < 4.78 is 0.825. The van der Waals surface area contributed by atoms with Crippen molar-refractivity contribution in [3.8, 4) is 0 Å². The molecule has 0 fully saturated rings. The van der Waals surface area contributed by atoms with E-state index in [0.29, 0.717) is 15.6 Å². The van der Waals surface area contributed by atoms with Gasteiger partial charge in [-0.3, -0.25) is 4.79 Å². The third kappa shape index (κ3) is 3.50. The molecule has 0 saturated carbocycles. The van der Waals surface area contributed by atoms with Crippen molar-refractivity contribution < 1.29 is 4.79 Å². The zero-order valence-electron chi connectivity index (χ0n) is 10.0. The predicted octanol–water partition coefficient (Wildman–Crippen LogP) is 5.32. The highest BCUT2D eigenvalue weighted by Gasteiger charge is 2.10. The molecule has 0 aliphatic carbocycles. The van der Waals surface area contributed by atoms with E-state index in [1.54, 1.807) is 18.2 Å². The highest BCUT2D eigenvalue weighted by atomic mass is 79.9. The van der Waals surface area contributed by atoms with Gasteiger partial charge in [0, 0.05) is 10.0 Å². The van der Waals surface area contributed by atoms with E-state index in [-0.39, 0.29) is 5.91 Å². The van der Waals surface area contributed by atoms with Crippen molar-refractivity contribution in [1.29, 1.82) is 0 Å². The minimum Gasteiger partial charge on any atom is -0.321 e. The van der Waals surface area contributed by atoms with Gasteiger partial charge in [-0.25, -0.2) is 0 Å². The van der Waals surface area contributed by atoms with Gasteiger partial charge in [-0.05, 0) is 58.7 Å². The summed E-state index contributed by atoms with van der Waals surface area (Å²) in [5, 5.41) is 3.61. The van der Waals surface area contributed by atoms with E-state index < -0.39 is 0 Å². The summed E-state index contributed by atoms with van der Waals surface area (Å²) in [6, 6.07) is 10.5. The van der Waals surface area contributed by atoms with Crippen molar-refractivity contribution in [1.82, 2.24) is 0 Å². The molecule has 2 aromatic carbocycles. The molecular formula is C14H10BrCl2NO. The summed E-state index contributed by atoms with van der Waals surface area (Å²) in [4.78, 5) is 12.1. The molecule has 0 bridgehead atoms. The average molecular weight is 359 g/mol.